The van der Waals surface area contributed by atoms with E-state index >= 15 is 0 Å². The molecular formula is C15H28N2O4. The molecule has 0 aliphatic carbocycles. The second-order valence-corrected chi connectivity index (χ2v) is 6.15. The number of carbonyl (C=O) groups excluding carboxylic acids is 1. The number of hydrogen-bond acceptors (Lipinski definition) is 3. The molecule has 1 heterocycles. The Kier molecular flexibility index (Phi) is 6.45. The van der Waals surface area contributed by atoms with E-state index in [1.807, 2.05) is 20.8 Å². The number of likely N-dealkylation sites (tertiary alicyclic amines) is 1. The summed E-state index contributed by atoms with van der Waals surface area (Å²) >= 11 is 0. The average Bonchev–Trinajstić information content (AvgIpc) is 2.84. The number of amides is 2. The van der Waals surface area contributed by atoms with Crippen molar-refractivity contribution < 1.29 is 19.8 Å². The van der Waals surface area contributed by atoms with Gasteiger partial charge in [0.15, 0.2) is 0 Å². The molecule has 2 amide bonds. The molecule has 0 aromatic heterocycles. The lowest BCUT2D eigenvalue weighted by Crippen LogP contribution is -2.47. The van der Waals surface area contributed by atoms with Crippen molar-refractivity contribution in [3.05, 3.63) is 0 Å². The van der Waals surface area contributed by atoms with Gasteiger partial charge in [-0.3, -0.25) is 4.79 Å². The van der Waals surface area contributed by atoms with Gasteiger partial charge < -0.3 is 20.0 Å². The van der Waals surface area contributed by atoms with Crippen molar-refractivity contribution in [2.24, 2.45) is 5.41 Å². The van der Waals surface area contributed by atoms with Crippen molar-refractivity contribution in [3.63, 3.8) is 0 Å². The molecule has 0 saturated carbocycles. The number of carboxylic acids is 1. The van der Waals surface area contributed by atoms with Crippen LogP contribution >= 0.6 is 0 Å². The van der Waals surface area contributed by atoms with Gasteiger partial charge >= 0.3 is 12.0 Å². The topological polar surface area (TPSA) is 81.1 Å². The van der Waals surface area contributed by atoms with E-state index in [1.54, 1.807) is 9.80 Å². The molecule has 2 N–H and O–H groups in total. The second kappa shape index (κ2) is 7.64. The predicted molar refractivity (Wildman–Crippen MR) is 80.1 cm³/mol. The number of nitrogens with zero attached hydrogens (tertiary/aromatic N) is 2. The smallest absolute Gasteiger partial charge is 0.320 e. The maximum Gasteiger partial charge on any atom is 0.320 e. The van der Waals surface area contributed by atoms with Crippen LogP contribution in [0.4, 0.5) is 4.79 Å². The first-order chi connectivity index (χ1) is 9.88. The zero-order valence-electron chi connectivity index (χ0n) is 13.3. The molecule has 1 fully saturated rings. The summed E-state index contributed by atoms with van der Waals surface area (Å²) in [5.41, 5.74) is -0.788. The van der Waals surface area contributed by atoms with Gasteiger partial charge in [0.1, 0.15) is 0 Å². The van der Waals surface area contributed by atoms with Crippen LogP contribution in [0.5, 0.6) is 0 Å². The third kappa shape index (κ3) is 4.09. The van der Waals surface area contributed by atoms with Crippen LogP contribution in [-0.2, 0) is 4.79 Å². The Morgan fingerprint density at radius 1 is 1.38 bits per heavy atom. The van der Waals surface area contributed by atoms with Gasteiger partial charge in [0.05, 0.1) is 5.41 Å². The maximum atomic E-state index is 12.6. The van der Waals surface area contributed by atoms with E-state index in [9.17, 15) is 14.7 Å². The highest BCUT2D eigenvalue weighted by molar-refractivity contribution is 5.80. The van der Waals surface area contributed by atoms with Crippen LogP contribution in [0.25, 0.3) is 0 Å². The fourth-order valence-corrected chi connectivity index (χ4v) is 3.00. The zero-order chi connectivity index (χ0) is 16.0. The zero-order valence-corrected chi connectivity index (χ0v) is 13.3. The first-order valence-corrected chi connectivity index (χ1v) is 7.77. The lowest BCUT2D eigenvalue weighted by Gasteiger charge is -2.32. The molecule has 0 spiro atoms. The van der Waals surface area contributed by atoms with Gasteiger partial charge in [0.2, 0.25) is 0 Å². The van der Waals surface area contributed by atoms with E-state index in [0.717, 1.165) is 6.42 Å². The molecular weight excluding hydrogens is 272 g/mol. The Balaban J connectivity index is 2.77. The van der Waals surface area contributed by atoms with Crippen molar-refractivity contribution in [1.82, 2.24) is 9.80 Å². The van der Waals surface area contributed by atoms with E-state index < -0.39 is 11.4 Å². The lowest BCUT2D eigenvalue weighted by atomic mass is 9.83. The molecule has 0 aromatic rings. The van der Waals surface area contributed by atoms with Crippen LogP contribution in [0.3, 0.4) is 0 Å². The fourth-order valence-electron chi connectivity index (χ4n) is 3.00. The number of rotatable bonds is 7. The summed E-state index contributed by atoms with van der Waals surface area (Å²) in [6, 6.07) is -0.0762. The third-order valence-electron chi connectivity index (χ3n) is 4.23. The number of hydrogen-bond donors (Lipinski definition) is 2. The minimum Gasteiger partial charge on any atom is -0.481 e. The van der Waals surface area contributed by atoms with Crippen LogP contribution < -0.4 is 0 Å². The van der Waals surface area contributed by atoms with Gasteiger partial charge in [-0.05, 0) is 33.1 Å². The number of urea groups is 1. The summed E-state index contributed by atoms with van der Waals surface area (Å²) in [6.45, 7) is 7.16. The first kappa shape index (κ1) is 17.8. The number of aliphatic carboxylic acids is 1. The van der Waals surface area contributed by atoms with E-state index in [-0.39, 0.29) is 25.2 Å². The van der Waals surface area contributed by atoms with E-state index in [1.165, 1.54) is 0 Å². The highest BCUT2D eigenvalue weighted by Crippen LogP contribution is 2.36. The Morgan fingerprint density at radius 2 is 2.05 bits per heavy atom. The molecule has 0 radical (unpaired) electrons. The molecule has 21 heavy (non-hydrogen) atoms. The highest BCUT2D eigenvalue weighted by atomic mass is 16.4. The number of aliphatic hydroxyl groups excluding tert-OH is 1. The SMILES string of the molecule is CCCC1(C(=O)O)CCN(C(=O)N(CCCO)C(C)C)C1. The van der Waals surface area contributed by atoms with Crippen molar-refractivity contribution in [3.8, 4) is 0 Å². The van der Waals surface area contributed by atoms with Gasteiger partial charge in [0.25, 0.3) is 0 Å². The Labute approximate surface area is 126 Å². The average molecular weight is 300 g/mol. The van der Waals surface area contributed by atoms with Crippen LogP contribution in [0.2, 0.25) is 0 Å². The number of carbonyl (C=O) groups is 2. The molecule has 1 unspecified atom stereocenters. The monoisotopic (exact) mass is 300 g/mol. The van der Waals surface area contributed by atoms with Crippen molar-refractivity contribution in [2.75, 3.05) is 26.2 Å². The molecule has 1 aliphatic heterocycles. The number of carboxylic acid groups (broad SMARTS) is 1. The minimum absolute atomic E-state index is 0.0371. The third-order valence-corrected chi connectivity index (χ3v) is 4.23. The number of aliphatic hydroxyl groups is 1. The fraction of sp³-hybridized carbons (Fsp3) is 0.867. The van der Waals surface area contributed by atoms with Crippen LogP contribution in [0.1, 0.15) is 46.5 Å². The molecule has 122 valence electrons. The van der Waals surface area contributed by atoms with Gasteiger partial charge in [-0.25, -0.2) is 4.79 Å². The largest absolute Gasteiger partial charge is 0.481 e. The first-order valence-electron chi connectivity index (χ1n) is 7.77. The molecule has 6 heteroatoms. The molecule has 0 bridgehead atoms. The van der Waals surface area contributed by atoms with E-state index in [4.69, 9.17) is 5.11 Å². The summed E-state index contributed by atoms with van der Waals surface area (Å²) in [5.74, 6) is -0.800. The normalized spacial score (nSPS) is 21.9. The highest BCUT2D eigenvalue weighted by Gasteiger charge is 2.46. The van der Waals surface area contributed by atoms with Gasteiger partial charge in [-0.2, -0.15) is 0 Å². The van der Waals surface area contributed by atoms with Crippen LogP contribution in [0, 0.1) is 5.41 Å². The van der Waals surface area contributed by atoms with E-state index in [2.05, 4.69) is 0 Å². The molecule has 6 nitrogen and oxygen atoms in total. The standard InChI is InChI=1S/C15H28N2O4/c1-4-6-15(13(19)20)7-9-16(11-15)14(21)17(12(2)3)8-5-10-18/h12,18H,4-11H2,1-3H3,(H,19,20). The van der Waals surface area contributed by atoms with E-state index in [0.29, 0.717) is 32.4 Å². The van der Waals surface area contributed by atoms with Crippen molar-refractivity contribution in [1.29, 1.82) is 0 Å². The van der Waals surface area contributed by atoms with Crippen molar-refractivity contribution in [2.45, 2.75) is 52.5 Å². The summed E-state index contributed by atoms with van der Waals surface area (Å²) in [7, 11) is 0. The Morgan fingerprint density at radius 3 is 2.52 bits per heavy atom. The quantitative estimate of drug-likeness (QED) is 0.751. The molecule has 1 saturated heterocycles. The molecule has 1 aliphatic rings. The molecule has 1 rings (SSSR count). The van der Waals surface area contributed by atoms with Gasteiger partial charge in [0, 0.05) is 32.3 Å². The van der Waals surface area contributed by atoms with Crippen molar-refractivity contribution >= 4 is 12.0 Å². The van der Waals surface area contributed by atoms with Crippen LogP contribution in [0.15, 0.2) is 0 Å². The second-order valence-electron chi connectivity index (χ2n) is 6.15. The predicted octanol–water partition coefficient (Wildman–Crippen LogP) is 1.78. The maximum absolute atomic E-state index is 12.6. The summed E-state index contributed by atoms with van der Waals surface area (Å²) in [5, 5.41) is 18.4. The minimum atomic E-state index is -0.800. The van der Waals surface area contributed by atoms with Gasteiger partial charge in [-0.15, -0.1) is 0 Å². The molecule has 0 aromatic carbocycles. The van der Waals surface area contributed by atoms with Gasteiger partial charge in [-0.1, -0.05) is 13.3 Å². The lowest BCUT2D eigenvalue weighted by molar-refractivity contribution is -0.148. The molecule has 1 atom stereocenters. The summed E-state index contributed by atoms with van der Waals surface area (Å²) in [6.07, 6.45) is 2.46. The van der Waals surface area contributed by atoms with Crippen LogP contribution in [-0.4, -0.2) is 64.3 Å². The summed E-state index contributed by atoms with van der Waals surface area (Å²) in [4.78, 5) is 27.5. The summed E-state index contributed by atoms with van der Waals surface area (Å²) < 4.78 is 0. The Bertz CT molecular complexity index is 373. The Hall–Kier alpha value is -1.30.